The molecule has 154 valence electrons. The fourth-order valence-corrected chi connectivity index (χ4v) is 5.49. The van der Waals surface area contributed by atoms with Crippen molar-refractivity contribution in [1.29, 1.82) is 0 Å². The second-order valence-corrected chi connectivity index (χ2v) is 9.46. The van der Waals surface area contributed by atoms with Gasteiger partial charge in [0.1, 0.15) is 6.04 Å². The van der Waals surface area contributed by atoms with Crippen LogP contribution in [0, 0.1) is 0 Å². The summed E-state index contributed by atoms with van der Waals surface area (Å²) in [4.78, 5) is 13.2. The summed E-state index contributed by atoms with van der Waals surface area (Å²) in [7, 11) is -3.79. The van der Waals surface area contributed by atoms with Crippen molar-refractivity contribution in [3.05, 3.63) is 83.9 Å². The molecule has 0 aromatic heterocycles. The van der Waals surface area contributed by atoms with Gasteiger partial charge in [-0.3, -0.25) is 4.79 Å². The van der Waals surface area contributed by atoms with Crippen LogP contribution in [0.2, 0.25) is 5.02 Å². The molecule has 0 spiro atoms. The molecule has 3 aromatic rings. The highest BCUT2D eigenvalue weighted by Gasteiger charge is 2.39. The van der Waals surface area contributed by atoms with E-state index in [9.17, 15) is 13.2 Å². The maximum atomic E-state index is 13.1. The van der Waals surface area contributed by atoms with E-state index in [0.717, 1.165) is 11.1 Å². The van der Waals surface area contributed by atoms with E-state index in [1.807, 2.05) is 54.6 Å². The van der Waals surface area contributed by atoms with Crippen molar-refractivity contribution in [3.63, 3.8) is 0 Å². The summed E-state index contributed by atoms with van der Waals surface area (Å²) in [6.45, 7) is 0.309. The van der Waals surface area contributed by atoms with E-state index in [1.54, 1.807) is 0 Å². The quantitative estimate of drug-likeness (QED) is 0.619. The minimum atomic E-state index is -3.79. The molecule has 0 aliphatic carbocycles. The largest absolute Gasteiger partial charge is 0.324 e. The molecule has 0 saturated carbocycles. The number of anilines is 1. The number of hydrogen-bond acceptors (Lipinski definition) is 3. The standard InChI is InChI=1S/C23H21ClN2O3S/c24-18-12-14-19(15-13-18)30(28,29)26-16-6-11-22(26)23(27)25-21-10-5-4-9-20(21)17-7-2-1-3-8-17/h1-5,7-10,12-15,22H,6,11,16H2,(H,25,27)/t22-/m0/s1. The van der Waals surface area contributed by atoms with Crippen LogP contribution in [0.15, 0.2) is 83.8 Å². The number of nitrogens with one attached hydrogen (secondary N) is 1. The van der Waals surface area contributed by atoms with Crippen molar-refractivity contribution < 1.29 is 13.2 Å². The van der Waals surface area contributed by atoms with Crippen LogP contribution in [0.3, 0.4) is 0 Å². The number of rotatable bonds is 5. The Kier molecular flexibility index (Phi) is 5.90. The minimum Gasteiger partial charge on any atom is -0.324 e. The first kappa shape index (κ1) is 20.6. The van der Waals surface area contributed by atoms with Crippen LogP contribution in [0.25, 0.3) is 11.1 Å². The van der Waals surface area contributed by atoms with E-state index in [-0.39, 0.29) is 10.8 Å². The summed E-state index contributed by atoms with van der Waals surface area (Å²) in [5.74, 6) is -0.326. The van der Waals surface area contributed by atoms with E-state index in [1.165, 1.54) is 28.6 Å². The average molecular weight is 441 g/mol. The maximum absolute atomic E-state index is 13.1. The van der Waals surface area contributed by atoms with Gasteiger partial charge in [-0.25, -0.2) is 8.42 Å². The number of nitrogens with zero attached hydrogens (tertiary/aromatic N) is 1. The normalized spacial score (nSPS) is 17.0. The zero-order valence-corrected chi connectivity index (χ0v) is 17.7. The van der Waals surface area contributed by atoms with Gasteiger partial charge in [0, 0.05) is 22.8 Å². The van der Waals surface area contributed by atoms with Crippen molar-refractivity contribution in [1.82, 2.24) is 4.31 Å². The zero-order valence-electron chi connectivity index (χ0n) is 16.2. The van der Waals surface area contributed by atoms with E-state index in [2.05, 4.69) is 5.32 Å². The van der Waals surface area contributed by atoms with E-state index < -0.39 is 16.1 Å². The van der Waals surface area contributed by atoms with Crippen molar-refractivity contribution >= 4 is 33.2 Å². The fraction of sp³-hybridized carbons (Fsp3) is 0.174. The lowest BCUT2D eigenvalue weighted by Crippen LogP contribution is -2.43. The van der Waals surface area contributed by atoms with Crippen LogP contribution in [-0.2, 0) is 14.8 Å². The molecule has 1 aliphatic rings. The summed E-state index contributed by atoms with van der Waals surface area (Å²) in [6.07, 6.45) is 1.11. The smallest absolute Gasteiger partial charge is 0.243 e. The van der Waals surface area contributed by atoms with Gasteiger partial charge < -0.3 is 5.32 Å². The summed E-state index contributed by atoms with van der Waals surface area (Å²) in [5.41, 5.74) is 2.52. The third kappa shape index (κ3) is 4.12. The second kappa shape index (κ2) is 8.60. The van der Waals surface area contributed by atoms with E-state index >= 15 is 0 Å². The summed E-state index contributed by atoms with van der Waals surface area (Å²) in [6, 6.07) is 22.5. The van der Waals surface area contributed by atoms with Crippen LogP contribution < -0.4 is 5.32 Å². The molecule has 7 heteroatoms. The molecule has 30 heavy (non-hydrogen) atoms. The number of para-hydroxylation sites is 1. The Balaban J connectivity index is 1.59. The Morgan fingerprint density at radius 1 is 0.933 bits per heavy atom. The highest BCUT2D eigenvalue weighted by atomic mass is 35.5. The Hall–Kier alpha value is -2.67. The molecule has 1 aliphatic heterocycles. The predicted octanol–water partition coefficient (Wildman–Crippen LogP) is 4.80. The average Bonchev–Trinajstić information content (AvgIpc) is 3.26. The number of carbonyl (C=O) groups excluding carboxylic acids is 1. The molecule has 1 amide bonds. The zero-order chi connectivity index (χ0) is 21.1. The third-order valence-corrected chi connectivity index (χ3v) is 7.37. The lowest BCUT2D eigenvalue weighted by molar-refractivity contribution is -0.119. The third-order valence-electron chi connectivity index (χ3n) is 5.20. The molecule has 3 aromatic carbocycles. The minimum absolute atomic E-state index is 0.135. The lowest BCUT2D eigenvalue weighted by Gasteiger charge is -2.24. The number of hydrogen-bond donors (Lipinski definition) is 1. The summed E-state index contributed by atoms with van der Waals surface area (Å²) < 4.78 is 27.5. The number of sulfonamides is 1. The molecular formula is C23H21ClN2O3S. The van der Waals surface area contributed by atoms with Gasteiger partial charge in [-0.2, -0.15) is 4.31 Å². The Bertz CT molecular complexity index is 1150. The first-order chi connectivity index (χ1) is 14.5. The van der Waals surface area contributed by atoms with Gasteiger partial charge in [-0.05, 0) is 48.7 Å². The molecule has 1 saturated heterocycles. The molecule has 1 heterocycles. The number of amides is 1. The molecule has 0 radical (unpaired) electrons. The van der Waals surface area contributed by atoms with Crippen molar-refractivity contribution in [2.24, 2.45) is 0 Å². The van der Waals surface area contributed by atoms with Crippen LogP contribution in [0.1, 0.15) is 12.8 Å². The highest BCUT2D eigenvalue weighted by Crippen LogP contribution is 2.31. The van der Waals surface area contributed by atoms with Gasteiger partial charge >= 0.3 is 0 Å². The molecule has 1 atom stereocenters. The highest BCUT2D eigenvalue weighted by molar-refractivity contribution is 7.89. The van der Waals surface area contributed by atoms with Crippen LogP contribution in [0.5, 0.6) is 0 Å². The number of carbonyl (C=O) groups is 1. The SMILES string of the molecule is O=C(Nc1ccccc1-c1ccccc1)[C@@H]1CCCN1S(=O)(=O)c1ccc(Cl)cc1. The molecule has 0 unspecified atom stereocenters. The van der Waals surface area contributed by atoms with E-state index in [0.29, 0.717) is 30.1 Å². The molecule has 1 fully saturated rings. The Morgan fingerprint density at radius 3 is 2.33 bits per heavy atom. The molecular weight excluding hydrogens is 420 g/mol. The van der Waals surface area contributed by atoms with Gasteiger partial charge in [0.15, 0.2) is 0 Å². The first-order valence-electron chi connectivity index (χ1n) is 9.69. The fourth-order valence-electron chi connectivity index (χ4n) is 3.71. The van der Waals surface area contributed by atoms with Crippen molar-refractivity contribution in [2.75, 3.05) is 11.9 Å². The second-order valence-electron chi connectivity index (χ2n) is 7.13. The summed E-state index contributed by atoms with van der Waals surface area (Å²) in [5, 5.41) is 3.41. The first-order valence-corrected chi connectivity index (χ1v) is 11.5. The molecule has 1 N–H and O–H groups in total. The summed E-state index contributed by atoms with van der Waals surface area (Å²) >= 11 is 5.88. The lowest BCUT2D eigenvalue weighted by atomic mass is 10.0. The van der Waals surface area contributed by atoms with Gasteiger partial charge in [-0.1, -0.05) is 60.1 Å². The van der Waals surface area contributed by atoms with Gasteiger partial charge in [-0.15, -0.1) is 0 Å². The number of halogens is 1. The van der Waals surface area contributed by atoms with Crippen LogP contribution >= 0.6 is 11.6 Å². The van der Waals surface area contributed by atoms with Crippen molar-refractivity contribution in [3.8, 4) is 11.1 Å². The molecule has 5 nitrogen and oxygen atoms in total. The maximum Gasteiger partial charge on any atom is 0.243 e. The van der Waals surface area contributed by atoms with E-state index in [4.69, 9.17) is 11.6 Å². The van der Waals surface area contributed by atoms with Gasteiger partial charge in [0.2, 0.25) is 15.9 Å². The van der Waals surface area contributed by atoms with Crippen molar-refractivity contribution in [2.45, 2.75) is 23.8 Å². The Morgan fingerprint density at radius 2 is 1.60 bits per heavy atom. The Labute approximate surface area is 181 Å². The van der Waals surface area contributed by atoms with Crippen LogP contribution in [-0.4, -0.2) is 31.2 Å². The molecule has 0 bridgehead atoms. The monoisotopic (exact) mass is 440 g/mol. The molecule has 4 rings (SSSR count). The van der Waals surface area contributed by atoms with Gasteiger partial charge in [0.05, 0.1) is 4.90 Å². The number of benzene rings is 3. The topological polar surface area (TPSA) is 66.5 Å². The predicted molar refractivity (Wildman–Crippen MR) is 119 cm³/mol. The van der Waals surface area contributed by atoms with Crippen LogP contribution in [0.4, 0.5) is 5.69 Å². The van der Waals surface area contributed by atoms with Gasteiger partial charge in [0.25, 0.3) is 0 Å².